The Kier molecular flexibility index (Phi) is 4.06. The highest BCUT2D eigenvalue weighted by molar-refractivity contribution is 5.69. The second-order valence-electron chi connectivity index (χ2n) is 5.91. The van der Waals surface area contributed by atoms with Crippen LogP contribution in [-0.2, 0) is 12.0 Å². The summed E-state index contributed by atoms with van der Waals surface area (Å²) in [6.45, 7) is 5.51. The number of anilines is 1. The van der Waals surface area contributed by atoms with E-state index in [9.17, 15) is 4.39 Å². The lowest BCUT2D eigenvalue weighted by Gasteiger charge is -2.26. The third-order valence-corrected chi connectivity index (χ3v) is 4.84. The molecule has 0 spiro atoms. The first kappa shape index (κ1) is 14.9. The number of halogens is 1. The summed E-state index contributed by atoms with van der Waals surface area (Å²) in [5, 5.41) is 3.37. The highest BCUT2D eigenvalue weighted by Crippen LogP contribution is 2.47. The zero-order valence-corrected chi connectivity index (χ0v) is 13.2. The van der Waals surface area contributed by atoms with Crippen molar-refractivity contribution in [3.05, 3.63) is 59.4 Å². The summed E-state index contributed by atoms with van der Waals surface area (Å²) in [4.78, 5) is 0. The van der Waals surface area contributed by atoms with E-state index in [0.717, 1.165) is 42.0 Å². The predicted octanol–water partition coefficient (Wildman–Crippen LogP) is 4.89. The SMILES string of the molecule is CCC1(CC)CNc2c(OCc3ccccc3)ccc(F)c21. The summed E-state index contributed by atoms with van der Waals surface area (Å²) in [5.74, 6) is 0.611. The van der Waals surface area contributed by atoms with Crippen LogP contribution >= 0.6 is 0 Å². The Hall–Kier alpha value is -2.03. The Balaban J connectivity index is 1.90. The maximum Gasteiger partial charge on any atom is 0.143 e. The van der Waals surface area contributed by atoms with Crippen molar-refractivity contribution in [1.82, 2.24) is 0 Å². The fourth-order valence-electron chi connectivity index (χ4n) is 3.31. The number of ether oxygens (including phenoxy) is 1. The summed E-state index contributed by atoms with van der Waals surface area (Å²) in [5.41, 5.74) is 2.62. The Morgan fingerprint density at radius 3 is 2.50 bits per heavy atom. The molecule has 3 rings (SSSR count). The van der Waals surface area contributed by atoms with Crippen molar-refractivity contribution >= 4 is 5.69 Å². The van der Waals surface area contributed by atoms with Gasteiger partial charge in [0.25, 0.3) is 0 Å². The van der Waals surface area contributed by atoms with Gasteiger partial charge >= 0.3 is 0 Å². The van der Waals surface area contributed by atoms with E-state index >= 15 is 0 Å². The van der Waals surface area contributed by atoms with Crippen molar-refractivity contribution in [3.8, 4) is 5.75 Å². The monoisotopic (exact) mass is 299 g/mol. The van der Waals surface area contributed by atoms with Crippen LogP contribution in [0.3, 0.4) is 0 Å². The Bertz CT molecular complexity index is 650. The van der Waals surface area contributed by atoms with Crippen LogP contribution in [0.5, 0.6) is 5.75 Å². The van der Waals surface area contributed by atoms with E-state index in [0.29, 0.717) is 6.61 Å². The molecule has 2 aromatic carbocycles. The van der Waals surface area contributed by atoms with Gasteiger partial charge in [0, 0.05) is 17.5 Å². The molecule has 116 valence electrons. The maximum atomic E-state index is 14.4. The third-order valence-electron chi connectivity index (χ3n) is 4.84. The van der Waals surface area contributed by atoms with Gasteiger partial charge < -0.3 is 10.1 Å². The molecule has 0 saturated carbocycles. The molecular formula is C19H22FNO. The average molecular weight is 299 g/mol. The molecule has 2 aromatic rings. The molecule has 1 N–H and O–H groups in total. The third kappa shape index (κ3) is 2.45. The zero-order valence-electron chi connectivity index (χ0n) is 13.2. The van der Waals surface area contributed by atoms with E-state index in [2.05, 4.69) is 19.2 Å². The van der Waals surface area contributed by atoms with Crippen LogP contribution in [0.2, 0.25) is 0 Å². The number of hydrogen-bond acceptors (Lipinski definition) is 2. The van der Waals surface area contributed by atoms with Crippen LogP contribution < -0.4 is 10.1 Å². The van der Waals surface area contributed by atoms with Crippen LogP contribution in [0, 0.1) is 5.82 Å². The molecule has 2 nitrogen and oxygen atoms in total. The minimum absolute atomic E-state index is 0.120. The second-order valence-corrected chi connectivity index (χ2v) is 5.91. The summed E-state index contributed by atoms with van der Waals surface area (Å²) in [6, 6.07) is 13.3. The average Bonchev–Trinajstić information content (AvgIpc) is 2.96. The Morgan fingerprint density at radius 1 is 1.09 bits per heavy atom. The topological polar surface area (TPSA) is 21.3 Å². The number of benzene rings is 2. The zero-order chi connectivity index (χ0) is 15.6. The minimum Gasteiger partial charge on any atom is -0.487 e. The van der Waals surface area contributed by atoms with Gasteiger partial charge in [-0.25, -0.2) is 4.39 Å². The number of nitrogens with one attached hydrogen (secondary N) is 1. The molecule has 0 saturated heterocycles. The lowest BCUT2D eigenvalue weighted by Crippen LogP contribution is -2.27. The van der Waals surface area contributed by atoms with Gasteiger partial charge in [0.1, 0.15) is 18.2 Å². The molecule has 0 aliphatic carbocycles. The van der Waals surface area contributed by atoms with E-state index < -0.39 is 0 Å². The summed E-state index contributed by atoms with van der Waals surface area (Å²) in [7, 11) is 0. The van der Waals surface area contributed by atoms with Crippen LogP contribution in [0.15, 0.2) is 42.5 Å². The van der Waals surface area contributed by atoms with Gasteiger partial charge in [0.05, 0.1) is 5.69 Å². The molecule has 0 aromatic heterocycles. The molecule has 1 aliphatic heterocycles. The summed E-state index contributed by atoms with van der Waals surface area (Å²) < 4.78 is 20.4. The fourth-order valence-corrected chi connectivity index (χ4v) is 3.31. The number of fused-ring (bicyclic) bond motifs is 1. The van der Waals surface area contributed by atoms with Gasteiger partial charge in [0.15, 0.2) is 0 Å². The molecule has 0 unspecified atom stereocenters. The first-order chi connectivity index (χ1) is 10.7. The number of hydrogen-bond donors (Lipinski definition) is 1. The van der Waals surface area contributed by atoms with E-state index in [4.69, 9.17) is 4.74 Å². The highest BCUT2D eigenvalue weighted by Gasteiger charge is 2.39. The van der Waals surface area contributed by atoms with Crippen LogP contribution in [0.4, 0.5) is 10.1 Å². The van der Waals surface area contributed by atoms with Crippen molar-refractivity contribution in [2.45, 2.75) is 38.7 Å². The van der Waals surface area contributed by atoms with Crippen molar-refractivity contribution in [2.75, 3.05) is 11.9 Å². The van der Waals surface area contributed by atoms with Gasteiger partial charge in [-0.15, -0.1) is 0 Å². The standard InChI is InChI=1S/C19H22FNO/c1-3-19(4-2)13-21-18-16(11-10-15(20)17(18)19)22-12-14-8-6-5-7-9-14/h5-11,21H,3-4,12-13H2,1-2H3. The Morgan fingerprint density at radius 2 is 1.82 bits per heavy atom. The smallest absolute Gasteiger partial charge is 0.143 e. The number of rotatable bonds is 5. The molecule has 0 radical (unpaired) electrons. The van der Waals surface area contributed by atoms with Crippen molar-refractivity contribution in [2.24, 2.45) is 0 Å². The molecule has 3 heteroatoms. The van der Waals surface area contributed by atoms with E-state index in [-0.39, 0.29) is 11.2 Å². The van der Waals surface area contributed by atoms with E-state index in [1.54, 1.807) is 6.07 Å². The Labute approximate surface area is 131 Å². The van der Waals surface area contributed by atoms with Crippen molar-refractivity contribution in [3.63, 3.8) is 0 Å². The van der Waals surface area contributed by atoms with Gasteiger partial charge in [-0.3, -0.25) is 0 Å². The second kappa shape index (κ2) is 5.99. The van der Waals surface area contributed by atoms with E-state index in [1.807, 2.05) is 30.3 Å². The molecule has 1 aliphatic rings. The minimum atomic E-state index is -0.129. The first-order valence-corrected chi connectivity index (χ1v) is 7.94. The maximum absolute atomic E-state index is 14.4. The quantitative estimate of drug-likeness (QED) is 0.849. The first-order valence-electron chi connectivity index (χ1n) is 7.94. The summed E-state index contributed by atoms with van der Waals surface area (Å²) in [6.07, 6.45) is 1.84. The molecule has 1 heterocycles. The molecular weight excluding hydrogens is 277 g/mol. The van der Waals surface area contributed by atoms with Crippen LogP contribution in [-0.4, -0.2) is 6.54 Å². The van der Waals surface area contributed by atoms with Crippen molar-refractivity contribution in [1.29, 1.82) is 0 Å². The van der Waals surface area contributed by atoms with Crippen LogP contribution in [0.25, 0.3) is 0 Å². The summed E-state index contributed by atoms with van der Waals surface area (Å²) >= 11 is 0. The molecule has 0 bridgehead atoms. The molecule has 0 atom stereocenters. The normalized spacial score (nSPS) is 15.2. The van der Waals surface area contributed by atoms with Gasteiger partial charge in [0.2, 0.25) is 0 Å². The lowest BCUT2D eigenvalue weighted by molar-refractivity contribution is 0.307. The van der Waals surface area contributed by atoms with Gasteiger partial charge in [-0.1, -0.05) is 44.2 Å². The lowest BCUT2D eigenvalue weighted by atomic mass is 9.77. The van der Waals surface area contributed by atoms with Crippen molar-refractivity contribution < 1.29 is 9.13 Å². The molecule has 22 heavy (non-hydrogen) atoms. The highest BCUT2D eigenvalue weighted by atomic mass is 19.1. The van der Waals surface area contributed by atoms with Gasteiger partial charge in [-0.05, 0) is 30.5 Å². The molecule has 0 fully saturated rings. The molecule has 0 amide bonds. The predicted molar refractivity (Wildman–Crippen MR) is 87.9 cm³/mol. The van der Waals surface area contributed by atoms with E-state index in [1.165, 1.54) is 6.07 Å². The van der Waals surface area contributed by atoms with Crippen LogP contribution in [0.1, 0.15) is 37.8 Å². The largest absolute Gasteiger partial charge is 0.487 e. The van der Waals surface area contributed by atoms with Gasteiger partial charge in [-0.2, -0.15) is 0 Å². The fraction of sp³-hybridized carbons (Fsp3) is 0.368.